The maximum atomic E-state index is 12.4. The van der Waals surface area contributed by atoms with Crippen LogP contribution in [0.25, 0.3) is 10.6 Å². The zero-order chi connectivity index (χ0) is 17.8. The van der Waals surface area contributed by atoms with Crippen LogP contribution in [0.4, 0.5) is 5.69 Å². The Morgan fingerprint density at radius 3 is 2.56 bits per heavy atom. The summed E-state index contributed by atoms with van der Waals surface area (Å²) in [5.74, 6) is 0.409. The number of rotatable bonds is 5. The third kappa shape index (κ3) is 3.92. The first kappa shape index (κ1) is 16.9. The van der Waals surface area contributed by atoms with Crippen molar-refractivity contribution >= 4 is 28.7 Å². The quantitative estimate of drug-likeness (QED) is 0.696. The van der Waals surface area contributed by atoms with E-state index in [-0.39, 0.29) is 11.7 Å². The Kier molecular flexibility index (Phi) is 4.90. The van der Waals surface area contributed by atoms with Crippen LogP contribution < -0.4 is 10.1 Å². The number of benzene rings is 2. The largest absolute Gasteiger partial charge is 0.497 e. The molecular weight excluding hydrogens is 336 g/mol. The molecule has 0 unspecified atom stereocenters. The van der Waals surface area contributed by atoms with Crippen LogP contribution in [-0.2, 0) is 0 Å². The van der Waals surface area contributed by atoms with E-state index < -0.39 is 0 Å². The minimum absolute atomic E-state index is 0.0495. The standard InChI is InChI=1S/C19H16N2O3S/c1-12(22)14-4-3-5-15(10-14)20-18(23)17-11-25-19(21-17)13-6-8-16(24-2)9-7-13/h3-11H,1-2H3,(H,20,23). The SMILES string of the molecule is COc1ccc(-c2nc(C(=O)Nc3cccc(C(C)=O)c3)cs2)cc1. The van der Waals surface area contributed by atoms with Crippen LogP contribution in [0.15, 0.2) is 53.9 Å². The minimum atomic E-state index is -0.309. The number of nitrogens with one attached hydrogen (secondary N) is 1. The highest BCUT2D eigenvalue weighted by Gasteiger charge is 2.13. The zero-order valence-electron chi connectivity index (χ0n) is 13.8. The lowest BCUT2D eigenvalue weighted by atomic mass is 10.1. The fraction of sp³-hybridized carbons (Fsp3) is 0.105. The molecule has 0 spiro atoms. The summed E-state index contributed by atoms with van der Waals surface area (Å²) in [6, 6.07) is 14.3. The lowest BCUT2D eigenvalue weighted by Crippen LogP contribution is -2.12. The smallest absolute Gasteiger partial charge is 0.275 e. The van der Waals surface area contributed by atoms with Crippen LogP contribution in [0, 0.1) is 0 Å². The molecular formula is C19H16N2O3S. The number of hydrogen-bond acceptors (Lipinski definition) is 5. The molecule has 0 aliphatic carbocycles. The van der Waals surface area contributed by atoms with Gasteiger partial charge in [0.25, 0.3) is 5.91 Å². The first-order valence-corrected chi connectivity index (χ1v) is 8.47. The first-order valence-electron chi connectivity index (χ1n) is 7.59. The van der Waals surface area contributed by atoms with Gasteiger partial charge in [-0.15, -0.1) is 11.3 Å². The predicted octanol–water partition coefficient (Wildman–Crippen LogP) is 4.27. The van der Waals surface area contributed by atoms with Crippen molar-refractivity contribution in [3.05, 3.63) is 65.2 Å². The molecule has 1 N–H and O–H groups in total. The van der Waals surface area contributed by atoms with E-state index >= 15 is 0 Å². The van der Waals surface area contributed by atoms with Crippen molar-refractivity contribution in [3.8, 4) is 16.3 Å². The van der Waals surface area contributed by atoms with Crippen molar-refractivity contribution in [2.75, 3.05) is 12.4 Å². The van der Waals surface area contributed by atoms with E-state index in [4.69, 9.17) is 4.74 Å². The van der Waals surface area contributed by atoms with Crippen LogP contribution in [0.2, 0.25) is 0 Å². The Bertz CT molecular complexity index is 916. The highest BCUT2D eigenvalue weighted by Crippen LogP contribution is 2.26. The fourth-order valence-electron chi connectivity index (χ4n) is 2.26. The summed E-state index contributed by atoms with van der Waals surface area (Å²) < 4.78 is 5.14. The van der Waals surface area contributed by atoms with Crippen molar-refractivity contribution in [1.82, 2.24) is 4.98 Å². The van der Waals surface area contributed by atoms with Crippen LogP contribution in [0.1, 0.15) is 27.8 Å². The second-order valence-electron chi connectivity index (χ2n) is 5.36. The molecule has 1 aromatic heterocycles. The van der Waals surface area contributed by atoms with Crippen molar-refractivity contribution in [3.63, 3.8) is 0 Å². The van der Waals surface area contributed by atoms with Gasteiger partial charge < -0.3 is 10.1 Å². The number of ketones is 1. The number of methoxy groups -OCH3 is 1. The highest BCUT2D eigenvalue weighted by molar-refractivity contribution is 7.13. The molecule has 0 radical (unpaired) electrons. The monoisotopic (exact) mass is 352 g/mol. The number of anilines is 1. The summed E-state index contributed by atoms with van der Waals surface area (Å²) in [7, 11) is 1.61. The van der Waals surface area contributed by atoms with Crippen LogP contribution in [0.3, 0.4) is 0 Å². The molecule has 5 nitrogen and oxygen atoms in total. The number of hydrogen-bond donors (Lipinski definition) is 1. The molecule has 0 bridgehead atoms. The van der Waals surface area contributed by atoms with Gasteiger partial charge >= 0.3 is 0 Å². The van der Waals surface area contributed by atoms with Gasteiger partial charge in [-0.05, 0) is 43.3 Å². The molecule has 0 aliphatic rings. The zero-order valence-corrected chi connectivity index (χ0v) is 14.6. The maximum absolute atomic E-state index is 12.4. The molecule has 1 heterocycles. The molecule has 0 saturated carbocycles. The summed E-state index contributed by atoms with van der Waals surface area (Å²) in [4.78, 5) is 28.2. The fourth-order valence-corrected chi connectivity index (χ4v) is 3.06. The van der Waals surface area contributed by atoms with E-state index in [2.05, 4.69) is 10.3 Å². The number of carbonyl (C=O) groups excluding carboxylic acids is 2. The summed E-state index contributed by atoms with van der Waals surface area (Å²) in [5.41, 5.74) is 2.37. The normalized spacial score (nSPS) is 10.3. The third-order valence-electron chi connectivity index (χ3n) is 3.60. The Balaban J connectivity index is 1.76. The summed E-state index contributed by atoms with van der Waals surface area (Å²) in [6.45, 7) is 1.49. The lowest BCUT2D eigenvalue weighted by molar-refractivity contribution is 0.100. The summed E-state index contributed by atoms with van der Waals surface area (Å²) in [6.07, 6.45) is 0. The van der Waals surface area contributed by atoms with Gasteiger partial charge in [0, 0.05) is 22.2 Å². The average molecular weight is 352 g/mol. The van der Waals surface area contributed by atoms with Gasteiger partial charge in [-0.25, -0.2) is 4.98 Å². The Morgan fingerprint density at radius 1 is 1.12 bits per heavy atom. The summed E-state index contributed by atoms with van der Waals surface area (Å²) in [5, 5.41) is 5.24. The second-order valence-corrected chi connectivity index (χ2v) is 6.22. The van der Waals surface area contributed by atoms with Gasteiger partial charge in [-0.3, -0.25) is 9.59 Å². The lowest BCUT2D eigenvalue weighted by Gasteiger charge is -2.04. The van der Waals surface area contributed by atoms with E-state index in [0.29, 0.717) is 16.9 Å². The molecule has 6 heteroatoms. The molecule has 25 heavy (non-hydrogen) atoms. The Hall–Kier alpha value is -2.99. The van der Waals surface area contributed by atoms with Gasteiger partial charge in [0.1, 0.15) is 16.5 Å². The number of aromatic nitrogens is 1. The van der Waals surface area contributed by atoms with Crippen molar-refractivity contribution in [2.45, 2.75) is 6.92 Å². The Labute approximate surface area is 149 Å². The molecule has 3 aromatic rings. The number of thiazole rings is 1. The third-order valence-corrected chi connectivity index (χ3v) is 4.49. The summed E-state index contributed by atoms with van der Waals surface area (Å²) >= 11 is 1.40. The number of carbonyl (C=O) groups is 2. The molecule has 2 aromatic carbocycles. The molecule has 0 saturated heterocycles. The van der Waals surface area contributed by atoms with E-state index in [1.54, 1.807) is 36.8 Å². The second kappa shape index (κ2) is 7.27. The highest BCUT2D eigenvalue weighted by atomic mass is 32.1. The predicted molar refractivity (Wildman–Crippen MR) is 98.5 cm³/mol. The van der Waals surface area contributed by atoms with Crippen molar-refractivity contribution in [1.29, 1.82) is 0 Å². The van der Waals surface area contributed by atoms with Crippen LogP contribution in [-0.4, -0.2) is 23.8 Å². The average Bonchev–Trinajstić information content (AvgIpc) is 3.12. The molecule has 0 aliphatic heterocycles. The van der Waals surface area contributed by atoms with E-state index in [1.165, 1.54) is 18.3 Å². The number of nitrogens with zero attached hydrogens (tertiary/aromatic N) is 1. The van der Waals surface area contributed by atoms with Crippen LogP contribution in [0.5, 0.6) is 5.75 Å². The molecule has 126 valence electrons. The first-order chi connectivity index (χ1) is 12.1. The maximum Gasteiger partial charge on any atom is 0.275 e. The van der Waals surface area contributed by atoms with Gasteiger partial charge in [0.2, 0.25) is 0 Å². The molecule has 1 amide bonds. The molecule has 0 atom stereocenters. The van der Waals surface area contributed by atoms with E-state index in [1.807, 2.05) is 24.3 Å². The van der Waals surface area contributed by atoms with Crippen LogP contribution >= 0.6 is 11.3 Å². The number of amides is 1. The number of Topliss-reactive ketones (excluding diaryl/α,β-unsaturated/α-hetero) is 1. The minimum Gasteiger partial charge on any atom is -0.497 e. The van der Waals surface area contributed by atoms with E-state index in [0.717, 1.165) is 16.3 Å². The Morgan fingerprint density at radius 2 is 1.88 bits per heavy atom. The topological polar surface area (TPSA) is 68.3 Å². The van der Waals surface area contributed by atoms with Gasteiger partial charge in [-0.1, -0.05) is 12.1 Å². The van der Waals surface area contributed by atoms with Gasteiger partial charge in [0.15, 0.2) is 5.78 Å². The molecule has 0 fully saturated rings. The number of ether oxygens (including phenoxy) is 1. The van der Waals surface area contributed by atoms with Crippen molar-refractivity contribution in [2.24, 2.45) is 0 Å². The molecule has 3 rings (SSSR count). The van der Waals surface area contributed by atoms with Gasteiger partial charge in [0.05, 0.1) is 7.11 Å². The van der Waals surface area contributed by atoms with Crippen molar-refractivity contribution < 1.29 is 14.3 Å². The van der Waals surface area contributed by atoms with Gasteiger partial charge in [-0.2, -0.15) is 0 Å². The van der Waals surface area contributed by atoms with E-state index in [9.17, 15) is 9.59 Å².